The minimum atomic E-state index is 0.0178. The molecule has 0 spiro atoms. The lowest BCUT2D eigenvalue weighted by molar-refractivity contribution is -0.113. The number of amides is 1. The van der Waals surface area contributed by atoms with Crippen molar-refractivity contribution >= 4 is 34.3 Å². The van der Waals surface area contributed by atoms with Gasteiger partial charge in [-0.05, 0) is 29.8 Å². The van der Waals surface area contributed by atoms with Crippen LogP contribution in [0.2, 0.25) is 0 Å². The number of carbonyl (C=O) groups excluding carboxylic acids is 1. The fourth-order valence-corrected chi connectivity index (χ4v) is 2.97. The van der Waals surface area contributed by atoms with Crippen LogP contribution in [0.3, 0.4) is 0 Å². The summed E-state index contributed by atoms with van der Waals surface area (Å²) in [5, 5.41) is 3.96. The van der Waals surface area contributed by atoms with Crippen LogP contribution in [0.15, 0.2) is 66.9 Å². The third-order valence-corrected chi connectivity index (χ3v) is 4.24. The maximum atomic E-state index is 12.0. The maximum Gasteiger partial charge on any atom is 0.234 e. The quantitative estimate of drug-likeness (QED) is 0.771. The molecule has 3 aromatic rings. The molecular formula is C18H16N2OS. The number of benzene rings is 2. The van der Waals surface area contributed by atoms with Crippen LogP contribution < -0.4 is 5.32 Å². The van der Waals surface area contributed by atoms with E-state index >= 15 is 0 Å². The van der Waals surface area contributed by atoms with E-state index in [1.165, 1.54) is 5.56 Å². The number of anilines is 1. The highest BCUT2D eigenvalue weighted by molar-refractivity contribution is 7.99. The van der Waals surface area contributed by atoms with Crippen LogP contribution in [0.1, 0.15) is 5.56 Å². The molecule has 0 aliphatic carbocycles. The van der Waals surface area contributed by atoms with Gasteiger partial charge in [-0.1, -0.05) is 36.4 Å². The van der Waals surface area contributed by atoms with E-state index in [1.807, 2.05) is 48.5 Å². The molecule has 0 bridgehead atoms. The molecule has 1 N–H and O–H groups in total. The first-order valence-electron chi connectivity index (χ1n) is 7.07. The molecule has 3 rings (SSSR count). The number of thioether (sulfide) groups is 1. The Bertz CT molecular complexity index is 774. The third-order valence-electron chi connectivity index (χ3n) is 3.23. The third kappa shape index (κ3) is 3.86. The normalized spacial score (nSPS) is 10.5. The molecule has 22 heavy (non-hydrogen) atoms. The van der Waals surface area contributed by atoms with Crippen LogP contribution in [-0.2, 0) is 10.5 Å². The fourth-order valence-electron chi connectivity index (χ4n) is 2.19. The van der Waals surface area contributed by atoms with Crippen molar-refractivity contribution < 1.29 is 4.79 Å². The maximum absolute atomic E-state index is 12.0. The molecule has 1 heterocycles. The smallest absolute Gasteiger partial charge is 0.234 e. The summed E-state index contributed by atoms with van der Waals surface area (Å²) >= 11 is 1.61. The molecule has 1 amide bonds. The van der Waals surface area contributed by atoms with Gasteiger partial charge in [0, 0.05) is 23.0 Å². The molecule has 110 valence electrons. The molecule has 0 fully saturated rings. The van der Waals surface area contributed by atoms with Crippen LogP contribution >= 0.6 is 11.8 Å². The van der Waals surface area contributed by atoms with Crippen LogP contribution in [0, 0.1) is 0 Å². The van der Waals surface area contributed by atoms with Gasteiger partial charge in [0.15, 0.2) is 0 Å². The summed E-state index contributed by atoms with van der Waals surface area (Å²) in [4.78, 5) is 16.3. The predicted octanol–water partition coefficient (Wildman–Crippen LogP) is 4.11. The molecule has 4 heteroatoms. The molecule has 0 saturated carbocycles. The zero-order valence-corrected chi connectivity index (χ0v) is 12.8. The number of nitrogens with zero attached hydrogens (tertiary/aromatic N) is 1. The van der Waals surface area contributed by atoms with Crippen molar-refractivity contribution in [2.75, 3.05) is 11.1 Å². The summed E-state index contributed by atoms with van der Waals surface area (Å²) in [6.45, 7) is 0. The highest BCUT2D eigenvalue weighted by Crippen LogP contribution is 2.18. The van der Waals surface area contributed by atoms with Crippen molar-refractivity contribution in [3.05, 3.63) is 72.4 Å². The molecule has 0 saturated heterocycles. The summed E-state index contributed by atoms with van der Waals surface area (Å²) in [6, 6.07) is 19.8. The highest BCUT2D eigenvalue weighted by atomic mass is 32.2. The Hall–Kier alpha value is -2.33. The summed E-state index contributed by atoms with van der Waals surface area (Å²) in [5.41, 5.74) is 2.97. The monoisotopic (exact) mass is 308 g/mol. The lowest BCUT2D eigenvalue weighted by Gasteiger charge is -2.06. The van der Waals surface area contributed by atoms with Crippen LogP contribution in [0.5, 0.6) is 0 Å². The SMILES string of the molecule is O=C(CSCc1ccccc1)Nc1ccc2ncccc2c1. The van der Waals surface area contributed by atoms with Crippen molar-refractivity contribution in [2.45, 2.75) is 5.75 Å². The van der Waals surface area contributed by atoms with E-state index in [9.17, 15) is 4.79 Å². The summed E-state index contributed by atoms with van der Waals surface area (Å²) in [7, 11) is 0. The van der Waals surface area contributed by atoms with Crippen LogP contribution in [-0.4, -0.2) is 16.6 Å². The van der Waals surface area contributed by atoms with Gasteiger partial charge >= 0.3 is 0 Å². The lowest BCUT2D eigenvalue weighted by atomic mass is 10.2. The first kappa shape index (κ1) is 14.6. The number of nitrogens with one attached hydrogen (secondary N) is 1. The Morgan fingerprint density at radius 1 is 1.05 bits per heavy atom. The van der Waals surface area contributed by atoms with E-state index in [-0.39, 0.29) is 5.91 Å². The molecule has 0 aliphatic rings. The van der Waals surface area contributed by atoms with E-state index in [4.69, 9.17) is 0 Å². The first-order valence-corrected chi connectivity index (χ1v) is 8.23. The molecule has 1 aromatic heterocycles. The zero-order valence-electron chi connectivity index (χ0n) is 12.0. The second kappa shape index (κ2) is 7.09. The highest BCUT2D eigenvalue weighted by Gasteiger charge is 2.04. The molecule has 3 nitrogen and oxygen atoms in total. The Labute approximate surface area is 133 Å². The largest absolute Gasteiger partial charge is 0.325 e. The van der Waals surface area contributed by atoms with Crippen molar-refractivity contribution in [3.8, 4) is 0 Å². The van der Waals surface area contributed by atoms with E-state index in [0.717, 1.165) is 22.3 Å². The number of hydrogen-bond acceptors (Lipinski definition) is 3. The van der Waals surface area contributed by atoms with Gasteiger partial charge in [0.05, 0.1) is 11.3 Å². The van der Waals surface area contributed by atoms with E-state index in [0.29, 0.717) is 5.75 Å². The summed E-state index contributed by atoms with van der Waals surface area (Å²) in [6.07, 6.45) is 1.76. The Morgan fingerprint density at radius 2 is 1.91 bits per heavy atom. The van der Waals surface area contributed by atoms with E-state index in [2.05, 4.69) is 22.4 Å². The second-order valence-corrected chi connectivity index (χ2v) is 5.92. The molecule has 2 aromatic carbocycles. The van der Waals surface area contributed by atoms with E-state index in [1.54, 1.807) is 18.0 Å². The van der Waals surface area contributed by atoms with Gasteiger partial charge in [0.2, 0.25) is 5.91 Å². The summed E-state index contributed by atoms with van der Waals surface area (Å²) < 4.78 is 0. The Morgan fingerprint density at radius 3 is 2.77 bits per heavy atom. The minimum absolute atomic E-state index is 0.0178. The number of hydrogen-bond donors (Lipinski definition) is 1. The van der Waals surface area contributed by atoms with Crippen molar-refractivity contribution in [1.29, 1.82) is 0 Å². The lowest BCUT2D eigenvalue weighted by Crippen LogP contribution is -2.14. The Kier molecular flexibility index (Phi) is 4.71. The number of aromatic nitrogens is 1. The topological polar surface area (TPSA) is 42.0 Å². The number of rotatable bonds is 5. The van der Waals surface area contributed by atoms with Gasteiger partial charge in [-0.3, -0.25) is 9.78 Å². The first-order chi connectivity index (χ1) is 10.8. The molecule has 0 aliphatic heterocycles. The predicted molar refractivity (Wildman–Crippen MR) is 93.0 cm³/mol. The van der Waals surface area contributed by atoms with Crippen LogP contribution in [0.25, 0.3) is 10.9 Å². The van der Waals surface area contributed by atoms with Crippen molar-refractivity contribution in [3.63, 3.8) is 0 Å². The zero-order chi connectivity index (χ0) is 15.2. The standard InChI is InChI=1S/C18H16N2OS/c21-18(13-22-12-14-5-2-1-3-6-14)20-16-8-9-17-15(11-16)7-4-10-19-17/h1-11H,12-13H2,(H,20,21). The second-order valence-electron chi connectivity index (χ2n) is 4.94. The van der Waals surface area contributed by atoms with Gasteiger partial charge in [-0.2, -0.15) is 0 Å². The molecule has 0 atom stereocenters. The van der Waals surface area contributed by atoms with Gasteiger partial charge in [-0.25, -0.2) is 0 Å². The van der Waals surface area contributed by atoms with E-state index < -0.39 is 0 Å². The average Bonchev–Trinajstić information content (AvgIpc) is 2.56. The van der Waals surface area contributed by atoms with Crippen LogP contribution in [0.4, 0.5) is 5.69 Å². The number of carbonyl (C=O) groups is 1. The van der Waals surface area contributed by atoms with Gasteiger partial charge < -0.3 is 5.32 Å². The number of pyridine rings is 1. The molecule has 0 unspecified atom stereocenters. The van der Waals surface area contributed by atoms with Crippen molar-refractivity contribution in [1.82, 2.24) is 4.98 Å². The fraction of sp³-hybridized carbons (Fsp3) is 0.111. The molecule has 0 radical (unpaired) electrons. The molecular weight excluding hydrogens is 292 g/mol. The van der Waals surface area contributed by atoms with Gasteiger partial charge in [0.1, 0.15) is 0 Å². The minimum Gasteiger partial charge on any atom is -0.325 e. The van der Waals surface area contributed by atoms with Gasteiger partial charge in [-0.15, -0.1) is 11.8 Å². The average molecular weight is 308 g/mol. The van der Waals surface area contributed by atoms with Crippen molar-refractivity contribution in [2.24, 2.45) is 0 Å². The Balaban J connectivity index is 1.54. The van der Waals surface area contributed by atoms with Gasteiger partial charge in [0.25, 0.3) is 0 Å². The summed E-state index contributed by atoms with van der Waals surface area (Å²) in [5.74, 6) is 1.31. The number of fused-ring (bicyclic) bond motifs is 1.